The van der Waals surface area contributed by atoms with Crippen molar-refractivity contribution in [1.29, 1.82) is 0 Å². The van der Waals surface area contributed by atoms with Crippen molar-refractivity contribution in [3.8, 4) is 0 Å². The normalized spacial score (nSPS) is 13.6. The van der Waals surface area contributed by atoms with Gasteiger partial charge in [0.25, 0.3) is 0 Å². The van der Waals surface area contributed by atoms with Crippen LogP contribution in [0.25, 0.3) is 0 Å². The average Bonchev–Trinajstić information content (AvgIpc) is 2.97. The molecule has 118 valence electrons. The number of rotatable bonds is 7. The summed E-state index contributed by atoms with van der Waals surface area (Å²) in [6, 6.07) is 9.64. The quantitative estimate of drug-likeness (QED) is 0.813. The Balaban J connectivity index is 1.94. The monoisotopic (exact) mass is 302 g/mol. The highest BCUT2D eigenvalue weighted by molar-refractivity contribution is 5.78. The van der Waals surface area contributed by atoms with Crippen LogP contribution in [0.15, 0.2) is 34.9 Å². The highest BCUT2D eigenvalue weighted by atomic mass is 16.5. The van der Waals surface area contributed by atoms with Gasteiger partial charge in [-0.1, -0.05) is 42.4 Å². The Morgan fingerprint density at radius 1 is 1.27 bits per heavy atom. The van der Waals surface area contributed by atoms with Gasteiger partial charge in [0.05, 0.1) is 0 Å². The van der Waals surface area contributed by atoms with Crippen LogP contribution in [0.3, 0.4) is 0 Å². The molecule has 1 aromatic heterocycles. The second kappa shape index (κ2) is 7.70. The summed E-state index contributed by atoms with van der Waals surface area (Å²) in [5, 5.41) is 9.83. The number of carbonyl (C=O) groups is 1. The summed E-state index contributed by atoms with van der Waals surface area (Å²) in [5.41, 5.74) is 1.12. The van der Waals surface area contributed by atoms with Gasteiger partial charge in [-0.25, -0.2) is 0 Å². The lowest BCUT2D eigenvalue weighted by Crippen LogP contribution is -2.35. The van der Waals surface area contributed by atoms with Crippen LogP contribution in [-0.2, 0) is 11.2 Å². The van der Waals surface area contributed by atoms with Gasteiger partial charge in [-0.05, 0) is 19.5 Å². The van der Waals surface area contributed by atoms with E-state index in [1.807, 2.05) is 51.2 Å². The first-order chi connectivity index (χ1) is 10.6. The molecular formula is C16H22N4O2. The Hall–Kier alpha value is -2.21. The first-order valence-corrected chi connectivity index (χ1v) is 7.41. The maximum absolute atomic E-state index is 12.0. The van der Waals surface area contributed by atoms with E-state index in [9.17, 15) is 4.79 Å². The molecule has 0 aliphatic heterocycles. The van der Waals surface area contributed by atoms with Crippen LogP contribution in [-0.4, -0.2) is 29.6 Å². The van der Waals surface area contributed by atoms with Crippen molar-refractivity contribution in [2.45, 2.75) is 26.3 Å². The molecule has 0 fully saturated rings. The van der Waals surface area contributed by atoms with E-state index < -0.39 is 0 Å². The van der Waals surface area contributed by atoms with Crippen molar-refractivity contribution in [3.05, 3.63) is 47.6 Å². The van der Waals surface area contributed by atoms with Gasteiger partial charge in [0.15, 0.2) is 5.82 Å². The van der Waals surface area contributed by atoms with Crippen molar-refractivity contribution in [3.63, 3.8) is 0 Å². The molecule has 0 spiro atoms. The lowest BCUT2D eigenvalue weighted by molar-refractivity contribution is -0.125. The Labute approximate surface area is 130 Å². The first-order valence-electron chi connectivity index (χ1n) is 7.41. The van der Waals surface area contributed by atoms with Gasteiger partial charge in [-0.2, -0.15) is 4.98 Å². The number of nitrogens with one attached hydrogen (secondary N) is 2. The number of benzene rings is 1. The van der Waals surface area contributed by atoms with Crippen LogP contribution >= 0.6 is 0 Å². The van der Waals surface area contributed by atoms with E-state index in [0.29, 0.717) is 24.7 Å². The first kappa shape index (κ1) is 16.2. The molecule has 0 aliphatic carbocycles. The van der Waals surface area contributed by atoms with Gasteiger partial charge < -0.3 is 15.2 Å². The second-order valence-electron chi connectivity index (χ2n) is 5.40. The highest BCUT2D eigenvalue weighted by Crippen LogP contribution is 2.13. The maximum atomic E-state index is 12.0. The number of amides is 1. The Morgan fingerprint density at radius 2 is 2.00 bits per heavy atom. The number of hydrogen-bond donors (Lipinski definition) is 2. The summed E-state index contributed by atoms with van der Waals surface area (Å²) in [7, 11) is 1.82. The molecule has 0 radical (unpaired) electrons. The van der Waals surface area contributed by atoms with Crippen LogP contribution in [0, 0.1) is 5.92 Å². The molecule has 22 heavy (non-hydrogen) atoms. The molecule has 0 saturated heterocycles. The smallest absolute Gasteiger partial charge is 0.248 e. The lowest BCUT2D eigenvalue weighted by Gasteiger charge is -2.14. The van der Waals surface area contributed by atoms with Crippen molar-refractivity contribution in [2.24, 2.45) is 5.92 Å². The molecule has 2 aromatic rings. The van der Waals surface area contributed by atoms with Crippen LogP contribution in [0.2, 0.25) is 0 Å². The molecule has 0 aliphatic rings. The molecule has 0 bridgehead atoms. The molecule has 1 aromatic carbocycles. The number of carbonyl (C=O) groups excluding carboxylic acids is 1. The lowest BCUT2D eigenvalue weighted by atomic mass is 10.1. The van der Waals surface area contributed by atoms with Gasteiger partial charge in [0.1, 0.15) is 6.04 Å². The van der Waals surface area contributed by atoms with E-state index in [4.69, 9.17) is 4.52 Å². The Kier molecular flexibility index (Phi) is 5.66. The summed E-state index contributed by atoms with van der Waals surface area (Å²) in [6.45, 7) is 4.33. The molecule has 1 heterocycles. The third-order valence-corrected chi connectivity index (χ3v) is 3.38. The third-order valence-electron chi connectivity index (χ3n) is 3.38. The predicted molar refractivity (Wildman–Crippen MR) is 83.2 cm³/mol. The van der Waals surface area contributed by atoms with E-state index in [1.54, 1.807) is 0 Å². The zero-order valence-electron chi connectivity index (χ0n) is 13.2. The number of aromatic nitrogens is 2. The van der Waals surface area contributed by atoms with Crippen molar-refractivity contribution in [1.82, 2.24) is 20.8 Å². The second-order valence-corrected chi connectivity index (χ2v) is 5.40. The standard InChI is InChI=1S/C16H22N4O2/c1-11(10-17-3)15(21)18-12(2)16-19-14(20-22-16)9-13-7-5-4-6-8-13/h4-8,11-12,17H,9-10H2,1-3H3,(H,18,21). The summed E-state index contributed by atoms with van der Waals surface area (Å²) in [4.78, 5) is 16.3. The SMILES string of the molecule is CNCC(C)C(=O)NC(C)c1nc(Cc2ccccc2)no1. The van der Waals surface area contributed by atoms with Crippen molar-refractivity contribution in [2.75, 3.05) is 13.6 Å². The minimum Gasteiger partial charge on any atom is -0.344 e. The van der Waals surface area contributed by atoms with Crippen LogP contribution in [0.4, 0.5) is 0 Å². The van der Waals surface area contributed by atoms with E-state index in [0.717, 1.165) is 5.56 Å². The molecular weight excluding hydrogens is 280 g/mol. The molecule has 2 rings (SSSR count). The van der Waals surface area contributed by atoms with Gasteiger partial charge in [0.2, 0.25) is 11.8 Å². The molecule has 6 heteroatoms. The van der Waals surface area contributed by atoms with Gasteiger partial charge in [-0.3, -0.25) is 4.79 Å². The number of nitrogens with zero attached hydrogens (tertiary/aromatic N) is 2. The predicted octanol–water partition coefficient (Wildman–Crippen LogP) is 1.69. The molecule has 2 unspecified atom stereocenters. The van der Waals surface area contributed by atoms with Crippen molar-refractivity contribution < 1.29 is 9.32 Å². The third kappa shape index (κ3) is 4.39. The number of hydrogen-bond acceptors (Lipinski definition) is 5. The fourth-order valence-corrected chi connectivity index (χ4v) is 2.11. The van der Waals surface area contributed by atoms with E-state index in [2.05, 4.69) is 20.8 Å². The van der Waals surface area contributed by atoms with Crippen LogP contribution < -0.4 is 10.6 Å². The molecule has 2 atom stereocenters. The molecule has 2 N–H and O–H groups in total. The topological polar surface area (TPSA) is 80.0 Å². The fourth-order valence-electron chi connectivity index (χ4n) is 2.11. The minimum absolute atomic E-state index is 0.0374. The Morgan fingerprint density at radius 3 is 2.68 bits per heavy atom. The zero-order chi connectivity index (χ0) is 15.9. The average molecular weight is 302 g/mol. The highest BCUT2D eigenvalue weighted by Gasteiger charge is 2.19. The van der Waals surface area contributed by atoms with Crippen molar-refractivity contribution >= 4 is 5.91 Å². The zero-order valence-corrected chi connectivity index (χ0v) is 13.2. The van der Waals surface area contributed by atoms with Gasteiger partial charge >= 0.3 is 0 Å². The maximum Gasteiger partial charge on any atom is 0.248 e. The summed E-state index contributed by atoms with van der Waals surface area (Å²) < 4.78 is 5.25. The van der Waals surface area contributed by atoms with Gasteiger partial charge in [-0.15, -0.1) is 0 Å². The molecule has 0 saturated carbocycles. The summed E-state index contributed by atoms with van der Waals surface area (Å²) in [5.74, 6) is 0.894. The summed E-state index contributed by atoms with van der Waals surface area (Å²) >= 11 is 0. The minimum atomic E-state index is -0.302. The molecule has 6 nitrogen and oxygen atoms in total. The van der Waals surface area contributed by atoms with E-state index in [-0.39, 0.29) is 17.9 Å². The van der Waals surface area contributed by atoms with Crippen LogP contribution in [0.5, 0.6) is 0 Å². The van der Waals surface area contributed by atoms with E-state index >= 15 is 0 Å². The fraction of sp³-hybridized carbons (Fsp3) is 0.438. The largest absolute Gasteiger partial charge is 0.344 e. The summed E-state index contributed by atoms with van der Waals surface area (Å²) in [6.07, 6.45) is 0.612. The van der Waals surface area contributed by atoms with Crippen LogP contribution in [0.1, 0.15) is 37.2 Å². The van der Waals surface area contributed by atoms with E-state index in [1.165, 1.54) is 0 Å². The Bertz CT molecular complexity index is 597. The van der Waals surface area contributed by atoms with Gasteiger partial charge in [0, 0.05) is 18.9 Å². The molecule has 1 amide bonds.